The second-order valence-corrected chi connectivity index (χ2v) is 10.0. The Morgan fingerprint density at radius 3 is 2.69 bits per heavy atom. The van der Waals surface area contributed by atoms with Gasteiger partial charge in [-0.3, -0.25) is 4.79 Å². The first-order valence-electron chi connectivity index (χ1n) is 9.57. The van der Waals surface area contributed by atoms with Crippen molar-refractivity contribution in [2.45, 2.75) is 12.7 Å². The van der Waals surface area contributed by atoms with Gasteiger partial charge in [0.15, 0.2) is 0 Å². The SMILES string of the molecule is CC(=O)N=[SH](C)(O)Cc1ccnc(Nc2cc(-c3ccc(F)c4ccoc34)c(F)cn2)c1. The standard InChI is InChI=1S/C22H20F2N4O3S/c1-13(29)28-32(2,30)12-14-5-7-25-20(9-14)27-21-10-17(19(24)11-26-21)15-3-4-18(23)16-6-8-31-22(15)16/h3-11,32H,12H2,1-2H3,(H,25,26,27)(H,28,29,30). The van der Waals surface area contributed by atoms with Crippen molar-refractivity contribution in [1.29, 1.82) is 0 Å². The molecule has 0 bridgehead atoms. The van der Waals surface area contributed by atoms with E-state index in [4.69, 9.17) is 4.42 Å². The Morgan fingerprint density at radius 1 is 1.12 bits per heavy atom. The number of pyridine rings is 2. The van der Waals surface area contributed by atoms with Gasteiger partial charge in [-0.25, -0.2) is 18.7 Å². The highest BCUT2D eigenvalue weighted by atomic mass is 32.3. The van der Waals surface area contributed by atoms with Gasteiger partial charge in [0.25, 0.3) is 0 Å². The third kappa shape index (κ3) is 4.71. The fraction of sp³-hybridized carbons (Fsp3) is 0.136. The number of aromatic nitrogens is 2. The highest BCUT2D eigenvalue weighted by molar-refractivity contribution is 7.98. The summed E-state index contributed by atoms with van der Waals surface area (Å²) in [5.41, 5.74) is 1.54. The molecule has 0 fully saturated rings. The molecule has 1 aromatic carbocycles. The molecule has 0 aliphatic carbocycles. The summed E-state index contributed by atoms with van der Waals surface area (Å²) in [4.78, 5) is 19.5. The number of carbonyl (C=O) groups excluding carboxylic acids is 1. The molecule has 4 rings (SSSR count). The van der Waals surface area contributed by atoms with Crippen molar-refractivity contribution in [1.82, 2.24) is 9.97 Å². The molecule has 1 amide bonds. The zero-order chi connectivity index (χ0) is 22.9. The molecule has 0 saturated heterocycles. The van der Waals surface area contributed by atoms with Gasteiger partial charge in [-0.1, -0.05) is 0 Å². The summed E-state index contributed by atoms with van der Waals surface area (Å²) in [6.07, 6.45) is 5.50. The van der Waals surface area contributed by atoms with Crippen molar-refractivity contribution in [3.63, 3.8) is 0 Å². The first kappa shape index (κ1) is 21.7. The monoisotopic (exact) mass is 458 g/mol. The summed E-state index contributed by atoms with van der Waals surface area (Å²) in [6, 6.07) is 9.08. The van der Waals surface area contributed by atoms with Crippen LogP contribution >= 0.6 is 0 Å². The molecule has 166 valence electrons. The maximum absolute atomic E-state index is 14.6. The van der Waals surface area contributed by atoms with Crippen LogP contribution in [0.25, 0.3) is 22.1 Å². The largest absolute Gasteiger partial charge is 0.464 e. The second kappa shape index (κ2) is 8.56. The molecule has 0 radical (unpaired) electrons. The van der Waals surface area contributed by atoms with Crippen molar-refractivity contribution in [3.05, 3.63) is 72.3 Å². The summed E-state index contributed by atoms with van der Waals surface area (Å²) in [5, 5.41) is 3.26. The van der Waals surface area contributed by atoms with Gasteiger partial charge in [-0.05, 0) is 48.2 Å². The molecule has 0 saturated carbocycles. The van der Waals surface area contributed by atoms with E-state index >= 15 is 0 Å². The van der Waals surface area contributed by atoms with Crippen molar-refractivity contribution in [2.24, 2.45) is 4.36 Å². The predicted octanol–water partition coefficient (Wildman–Crippen LogP) is 5.13. The number of nitrogens with one attached hydrogen (secondary N) is 1. The highest BCUT2D eigenvalue weighted by Gasteiger charge is 2.16. The molecule has 3 heterocycles. The normalized spacial score (nSPS) is 12.0. The van der Waals surface area contributed by atoms with E-state index in [0.29, 0.717) is 17.2 Å². The fourth-order valence-electron chi connectivity index (χ4n) is 3.41. The van der Waals surface area contributed by atoms with Crippen molar-refractivity contribution in [2.75, 3.05) is 11.6 Å². The molecule has 0 spiro atoms. The van der Waals surface area contributed by atoms with E-state index < -0.39 is 27.6 Å². The van der Waals surface area contributed by atoms with Gasteiger partial charge in [0, 0.05) is 30.0 Å². The van der Waals surface area contributed by atoms with Crippen LogP contribution in [0.5, 0.6) is 0 Å². The van der Waals surface area contributed by atoms with Gasteiger partial charge in [-0.2, -0.15) is 4.36 Å². The van der Waals surface area contributed by atoms with Crippen molar-refractivity contribution >= 4 is 38.6 Å². The smallest absolute Gasteiger partial charge is 0.248 e. The van der Waals surface area contributed by atoms with Gasteiger partial charge >= 0.3 is 0 Å². The van der Waals surface area contributed by atoms with Gasteiger partial charge in [0.05, 0.1) is 17.8 Å². The van der Waals surface area contributed by atoms with E-state index in [2.05, 4.69) is 19.6 Å². The van der Waals surface area contributed by atoms with Crippen LogP contribution in [0.4, 0.5) is 20.4 Å². The van der Waals surface area contributed by atoms with Crippen LogP contribution in [0, 0.1) is 11.6 Å². The number of fused-ring (bicyclic) bond motifs is 1. The summed E-state index contributed by atoms with van der Waals surface area (Å²) in [5.74, 6) is -0.541. The van der Waals surface area contributed by atoms with Crippen molar-refractivity contribution in [3.8, 4) is 11.1 Å². The van der Waals surface area contributed by atoms with Gasteiger partial charge < -0.3 is 14.3 Å². The Balaban J connectivity index is 1.65. The zero-order valence-electron chi connectivity index (χ0n) is 17.2. The van der Waals surface area contributed by atoms with Gasteiger partial charge in [0.1, 0.15) is 28.9 Å². The van der Waals surface area contributed by atoms with E-state index in [1.54, 1.807) is 24.6 Å². The van der Waals surface area contributed by atoms with Crippen LogP contribution in [0.3, 0.4) is 0 Å². The number of benzene rings is 1. The third-order valence-corrected chi connectivity index (χ3v) is 6.30. The average molecular weight is 458 g/mol. The molecule has 0 aliphatic rings. The lowest BCUT2D eigenvalue weighted by atomic mass is 10.0. The van der Waals surface area contributed by atoms with Crippen LogP contribution in [-0.4, -0.2) is 26.7 Å². The number of rotatable bonds is 5. The Labute approximate surface area is 183 Å². The first-order chi connectivity index (χ1) is 15.2. The third-order valence-electron chi connectivity index (χ3n) is 4.63. The minimum atomic E-state index is -2.79. The summed E-state index contributed by atoms with van der Waals surface area (Å²) in [7, 11) is -2.79. The van der Waals surface area contributed by atoms with Crippen LogP contribution in [0.2, 0.25) is 0 Å². The van der Waals surface area contributed by atoms with E-state index in [1.807, 2.05) is 0 Å². The van der Waals surface area contributed by atoms with Crippen LogP contribution < -0.4 is 5.32 Å². The van der Waals surface area contributed by atoms with E-state index in [-0.39, 0.29) is 22.3 Å². The fourth-order valence-corrected chi connectivity index (χ4v) is 4.98. The van der Waals surface area contributed by atoms with Crippen molar-refractivity contribution < 1.29 is 22.5 Å². The number of amides is 1. The summed E-state index contributed by atoms with van der Waals surface area (Å²) >= 11 is 0. The number of thiol groups is 1. The number of hydrogen-bond acceptors (Lipinski definition) is 5. The average Bonchev–Trinajstić information content (AvgIpc) is 3.20. The molecule has 2 N–H and O–H groups in total. The van der Waals surface area contributed by atoms with Crippen LogP contribution in [0.15, 0.2) is 63.8 Å². The number of anilines is 2. The predicted molar refractivity (Wildman–Crippen MR) is 121 cm³/mol. The molecule has 4 aromatic rings. The lowest BCUT2D eigenvalue weighted by Crippen LogP contribution is -2.13. The molecule has 3 aromatic heterocycles. The minimum absolute atomic E-state index is 0.188. The molecule has 0 aliphatic heterocycles. The Bertz CT molecular complexity index is 1380. The lowest BCUT2D eigenvalue weighted by molar-refractivity contribution is -0.115. The molecule has 7 nitrogen and oxygen atoms in total. The topological polar surface area (TPSA) is 101 Å². The van der Waals surface area contributed by atoms with Crippen LogP contribution in [0.1, 0.15) is 12.5 Å². The Kier molecular flexibility index (Phi) is 5.81. The summed E-state index contributed by atoms with van der Waals surface area (Å²) in [6.45, 7) is 1.30. The van der Waals surface area contributed by atoms with E-state index in [0.717, 1.165) is 11.8 Å². The van der Waals surface area contributed by atoms with E-state index in [1.165, 1.54) is 37.5 Å². The van der Waals surface area contributed by atoms with Gasteiger partial charge in [-0.15, -0.1) is 10.1 Å². The molecule has 0 unspecified atom stereocenters. The molecular formula is C22H20F2N4O3S. The maximum Gasteiger partial charge on any atom is 0.248 e. The zero-order valence-corrected chi connectivity index (χ0v) is 18.1. The van der Waals surface area contributed by atoms with Crippen LogP contribution in [-0.2, 0) is 20.7 Å². The molecular weight excluding hydrogens is 438 g/mol. The second-order valence-electron chi connectivity index (χ2n) is 7.35. The first-order valence-corrected chi connectivity index (χ1v) is 11.9. The minimum Gasteiger partial charge on any atom is -0.464 e. The van der Waals surface area contributed by atoms with E-state index in [9.17, 15) is 18.1 Å². The molecule has 32 heavy (non-hydrogen) atoms. The molecule has 0 atom stereocenters. The number of carbonyl (C=O) groups is 1. The van der Waals surface area contributed by atoms with Gasteiger partial charge in [0.2, 0.25) is 5.91 Å². The lowest BCUT2D eigenvalue weighted by Gasteiger charge is -2.17. The molecule has 10 heteroatoms. The maximum atomic E-state index is 14.6. The Hall–Kier alpha value is -3.50. The number of furan rings is 1. The Morgan fingerprint density at radius 2 is 1.91 bits per heavy atom. The highest BCUT2D eigenvalue weighted by Crippen LogP contribution is 2.33. The quantitative estimate of drug-likeness (QED) is 0.359. The number of halogens is 2. The number of hydrogen-bond donors (Lipinski definition) is 3. The number of nitrogens with zero attached hydrogens (tertiary/aromatic N) is 3. The summed E-state index contributed by atoms with van der Waals surface area (Å²) < 4.78 is 48.1.